The predicted molar refractivity (Wildman–Crippen MR) is 23.8 cm³/mol. The Morgan fingerprint density at radius 1 is 1.71 bits per heavy atom. The summed E-state index contributed by atoms with van der Waals surface area (Å²) in [6.07, 6.45) is 0. The third-order valence-corrected chi connectivity index (χ3v) is 0. The van der Waals surface area contributed by atoms with Crippen molar-refractivity contribution in [3.05, 3.63) is 0 Å². The molecule has 0 bridgehead atoms. The van der Waals surface area contributed by atoms with E-state index in [1.54, 1.807) is 0 Å². The first-order valence-electron chi connectivity index (χ1n) is 1.31. The summed E-state index contributed by atoms with van der Waals surface area (Å²) in [7, 11) is -1.92. The van der Waals surface area contributed by atoms with E-state index < -0.39 is 15.2 Å². The first-order chi connectivity index (χ1) is 3.15. The molecule has 44 valence electrons. The van der Waals surface area contributed by atoms with E-state index in [-0.39, 0.29) is 0 Å². The molecule has 0 aromatic carbocycles. The lowest BCUT2D eigenvalue weighted by molar-refractivity contribution is -0.134. The largest absolute Gasteiger partial charge is 0.481 e. The molecule has 0 saturated carbocycles. The second kappa shape index (κ2) is 9.23. The van der Waals surface area contributed by atoms with Crippen LogP contribution < -0.4 is 0 Å². The second-order valence-electron chi connectivity index (χ2n) is 0.590. The summed E-state index contributed by atoms with van der Waals surface area (Å²) in [6, 6.07) is 0. The van der Waals surface area contributed by atoms with Crippen LogP contribution in [0.3, 0.4) is 0 Å². The van der Waals surface area contributed by atoms with Gasteiger partial charge in [-0.2, -0.15) is 8.39 Å². The summed E-state index contributed by atoms with van der Waals surface area (Å²) < 4.78 is 19.3. The Hall–Kier alpha value is -0.240. The fourth-order valence-electron chi connectivity index (χ4n) is 0. The minimum absolute atomic E-state index is 0.833. The summed E-state index contributed by atoms with van der Waals surface area (Å²) in [5.41, 5.74) is 0. The first kappa shape index (κ1) is 9.90. The van der Waals surface area contributed by atoms with Gasteiger partial charge in [0.15, 0.2) is 0 Å². The van der Waals surface area contributed by atoms with Crippen molar-refractivity contribution < 1.29 is 18.3 Å². The van der Waals surface area contributed by atoms with Gasteiger partial charge in [0.1, 0.15) is 0 Å². The number of aliphatic carboxylic acids is 1. The molecule has 1 N–H and O–H groups in total. The summed E-state index contributed by atoms with van der Waals surface area (Å²) in [6.45, 7) is 1.08. The highest BCUT2D eigenvalue weighted by Gasteiger charge is 1.65. The van der Waals surface area contributed by atoms with Crippen LogP contribution in [-0.2, 0) is 4.79 Å². The second-order valence-corrected chi connectivity index (χ2v) is 0.733. The van der Waals surface area contributed by atoms with Crippen molar-refractivity contribution in [2.75, 3.05) is 0 Å². The number of carboxylic acid groups (broad SMARTS) is 1. The van der Waals surface area contributed by atoms with Crippen LogP contribution in [0.4, 0.5) is 8.39 Å². The molecular formula is C2H5F2O2P. The number of rotatable bonds is 0. The Morgan fingerprint density at radius 3 is 1.71 bits per heavy atom. The lowest BCUT2D eigenvalue weighted by Gasteiger charge is -1.59. The quantitative estimate of drug-likeness (QED) is 0.504. The number of carboxylic acids is 1. The van der Waals surface area contributed by atoms with Crippen molar-refractivity contribution in [3.63, 3.8) is 0 Å². The molecule has 0 rings (SSSR count). The van der Waals surface area contributed by atoms with Crippen molar-refractivity contribution in [1.29, 1.82) is 0 Å². The van der Waals surface area contributed by atoms with Gasteiger partial charge in [-0.1, -0.05) is 0 Å². The molecule has 0 aromatic heterocycles. The van der Waals surface area contributed by atoms with Crippen molar-refractivity contribution in [2.24, 2.45) is 0 Å². The van der Waals surface area contributed by atoms with Crippen LogP contribution in [0.1, 0.15) is 6.92 Å². The Bertz CT molecular complexity index is 45.0. The molecular weight excluding hydrogens is 125 g/mol. The van der Waals surface area contributed by atoms with Gasteiger partial charge < -0.3 is 5.11 Å². The van der Waals surface area contributed by atoms with Gasteiger partial charge in [0.25, 0.3) is 15.2 Å². The summed E-state index contributed by atoms with van der Waals surface area (Å²) in [5, 5.41) is 7.42. The molecule has 0 heterocycles. The van der Waals surface area contributed by atoms with Gasteiger partial charge >= 0.3 is 0 Å². The van der Waals surface area contributed by atoms with Crippen molar-refractivity contribution >= 4 is 15.2 Å². The van der Waals surface area contributed by atoms with Crippen molar-refractivity contribution in [3.8, 4) is 0 Å². The van der Waals surface area contributed by atoms with Gasteiger partial charge in [0.2, 0.25) is 0 Å². The Balaban J connectivity index is 0. The Labute approximate surface area is 41.6 Å². The molecule has 0 unspecified atom stereocenters. The Morgan fingerprint density at radius 2 is 1.71 bits per heavy atom. The highest BCUT2D eigenvalue weighted by molar-refractivity contribution is 7.25. The minimum atomic E-state index is -1.92. The van der Waals surface area contributed by atoms with Crippen LogP contribution in [0, 0.1) is 0 Å². The van der Waals surface area contributed by atoms with Crippen LogP contribution in [0.25, 0.3) is 0 Å². The lowest BCUT2D eigenvalue weighted by Crippen LogP contribution is -1.78. The normalized spacial score (nSPS) is 6.14. The zero-order chi connectivity index (χ0) is 6.28. The number of halogens is 2. The molecule has 0 radical (unpaired) electrons. The van der Waals surface area contributed by atoms with Crippen molar-refractivity contribution in [1.82, 2.24) is 0 Å². The SMILES string of the molecule is CC(=O)O.FPF. The van der Waals surface area contributed by atoms with E-state index in [9.17, 15) is 8.39 Å². The molecule has 2 nitrogen and oxygen atoms in total. The van der Waals surface area contributed by atoms with E-state index in [2.05, 4.69) is 0 Å². The lowest BCUT2D eigenvalue weighted by atomic mass is 10.9. The van der Waals surface area contributed by atoms with Crippen LogP contribution in [0.5, 0.6) is 0 Å². The summed E-state index contributed by atoms with van der Waals surface area (Å²) in [4.78, 5) is 9.00. The first-order valence-corrected chi connectivity index (χ1v) is 2.06. The molecule has 0 atom stereocenters. The number of carbonyl (C=O) groups is 1. The Kier molecular flexibility index (Phi) is 13.1. The molecule has 0 saturated heterocycles. The van der Waals surface area contributed by atoms with Gasteiger partial charge in [-0.25, -0.2) is 0 Å². The zero-order valence-electron chi connectivity index (χ0n) is 3.61. The predicted octanol–water partition coefficient (Wildman–Crippen LogP) is 1.52. The maximum absolute atomic E-state index is 9.65. The molecule has 0 aliphatic rings. The average molecular weight is 130 g/mol. The van der Waals surface area contributed by atoms with E-state index >= 15 is 0 Å². The van der Waals surface area contributed by atoms with Crippen LogP contribution in [-0.4, -0.2) is 11.1 Å². The molecule has 0 fully saturated rings. The van der Waals surface area contributed by atoms with Crippen molar-refractivity contribution in [2.45, 2.75) is 6.92 Å². The monoisotopic (exact) mass is 130 g/mol. The fourth-order valence-corrected chi connectivity index (χ4v) is 0. The standard InChI is InChI=1S/C2H4O2.F2HP/c1-2(3)4;1-3-2/h1H3,(H,3,4);3H. The van der Waals surface area contributed by atoms with E-state index in [1.807, 2.05) is 0 Å². The third-order valence-electron chi connectivity index (χ3n) is 0. The summed E-state index contributed by atoms with van der Waals surface area (Å²) in [5.74, 6) is -0.833. The van der Waals surface area contributed by atoms with E-state index in [4.69, 9.17) is 9.90 Å². The van der Waals surface area contributed by atoms with E-state index in [0.29, 0.717) is 0 Å². The zero-order valence-corrected chi connectivity index (χ0v) is 4.61. The highest BCUT2D eigenvalue weighted by atomic mass is 31.1. The smallest absolute Gasteiger partial charge is 0.300 e. The maximum Gasteiger partial charge on any atom is 0.300 e. The van der Waals surface area contributed by atoms with Gasteiger partial charge in [-0.3, -0.25) is 4.79 Å². The minimum Gasteiger partial charge on any atom is -0.481 e. The van der Waals surface area contributed by atoms with Gasteiger partial charge in [-0.05, 0) is 0 Å². The molecule has 0 amide bonds. The molecule has 5 heteroatoms. The van der Waals surface area contributed by atoms with Crippen LogP contribution in [0.15, 0.2) is 0 Å². The third kappa shape index (κ3) is 1410. The van der Waals surface area contributed by atoms with Crippen LogP contribution >= 0.6 is 9.20 Å². The average Bonchev–Trinajstić information content (AvgIpc) is 1.33. The maximum atomic E-state index is 9.65. The van der Waals surface area contributed by atoms with Gasteiger partial charge in [0, 0.05) is 6.92 Å². The molecule has 0 aliphatic heterocycles. The van der Waals surface area contributed by atoms with E-state index in [1.165, 1.54) is 0 Å². The molecule has 0 aromatic rings. The highest BCUT2D eigenvalue weighted by Crippen LogP contribution is 2.07. The molecule has 0 aliphatic carbocycles. The van der Waals surface area contributed by atoms with Gasteiger partial charge in [0.05, 0.1) is 0 Å². The fraction of sp³-hybridized carbons (Fsp3) is 0.500. The van der Waals surface area contributed by atoms with Crippen LogP contribution in [0.2, 0.25) is 0 Å². The number of hydrogen-bond donors (Lipinski definition) is 1. The molecule has 0 spiro atoms. The summed E-state index contributed by atoms with van der Waals surface area (Å²) >= 11 is 0. The molecule has 7 heavy (non-hydrogen) atoms. The topological polar surface area (TPSA) is 37.3 Å². The van der Waals surface area contributed by atoms with Gasteiger partial charge in [-0.15, -0.1) is 0 Å². The number of hydrogen-bond acceptors (Lipinski definition) is 1. The van der Waals surface area contributed by atoms with E-state index in [0.717, 1.165) is 6.92 Å².